The van der Waals surface area contributed by atoms with Crippen LogP contribution in [0.4, 0.5) is 0 Å². The van der Waals surface area contributed by atoms with E-state index in [1.165, 1.54) is 19.3 Å². The third-order valence-electron chi connectivity index (χ3n) is 6.10. The SMILES string of the molecule is CCN1CCN(CCOC(=O)C(c2ccccc2)C2CCCCC2)CC1.Cl.Cl. The van der Waals surface area contributed by atoms with Crippen LogP contribution in [0.2, 0.25) is 0 Å². The predicted octanol–water partition coefficient (Wildman–Crippen LogP) is 4.37. The highest BCUT2D eigenvalue weighted by atomic mass is 35.5. The fraction of sp³-hybridized carbons (Fsp3) is 0.682. The molecule has 0 N–H and O–H groups in total. The van der Waals surface area contributed by atoms with E-state index in [4.69, 9.17) is 4.74 Å². The highest BCUT2D eigenvalue weighted by Crippen LogP contribution is 2.36. The number of rotatable bonds is 7. The average Bonchev–Trinajstić information content (AvgIpc) is 2.70. The first-order valence-corrected chi connectivity index (χ1v) is 10.4. The van der Waals surface area contributed by atoms with Gasteiger partial charge in [-0.2, -0.15) is 0 Å². The Morgan fingerprint density at radius 3 is 2.21 bits per heavy atom. The van der Waals surface area contributed by atoms with E-state index in [1.54, 1.807) is 0 Å². The number of esters is 1. The quantitative estimate of drug-likeness (QED) is 0.600. The van der Waals surface area contributed by atoms with Crippen molar-refractivity contribution in [3.63, 3.8) is 0 Å². The van der Waals surface area contributed by atoms with Crippen LogP contribution in [-0.2, 0) is 9.53 Å². The van der Waals surface area contributed by atoms with E-state index in [0.29, 0.717) is 12.5 Å². The molecule has 0 amide bonds. The minimum atomic E-state index is -0.0894. The Kier molecular flexibility index (Phi) is 12.1. The van der Waals surface area contributed by atoms with Crippen LogP contribution in [-0.4, -0.2) is 61.6 Å². The lowest BCUT2D eigenvalue weighted by Crippen LogP contribution is -2.47. The van der Waals surface area contributed by atoms with E-state index in [0.717, 1.165) is 57.7 Å². The van der Waals surface area contributed by atoms with Crippen LogP contribution in [0.25, 0.3) is 0 Å². The molecule has 0 radical (unpaired) electrons. The number of likely N-dealkylation sites (N-methyl/N-ethyl adjacent to an activating group) is 1. The first-order chi connectivity index (χ1) is 12.8. The van der Waals surface area contributed by atoms with Crippen molar-refractivity contribution in [1.82, 2.24) is 9.80 Å². The number of carbonyl (C=O) groups excluding carboxylic acids is 1. The lowest BCUT2D eigenvalue weighted by molar-refractivity contribution is -0.147. The molecule has 1 saturated carbocycles. The van der Waals surface area contributed by atoms with Gasteiger partial charge in [0, 0.05) is 32.7 Å². The van der Waals surface area contributed by atoms with Gasteiger partial charge in [0.2, 0.25) is 0 Å². The van der Waals surface area contributed by atoms with E-state index in [9.17, 15) is 4.79 Å². The van der Waals surface area contributed by atoms with Crippen molar-refractivity contribution in [3.05, 3.63) is 35.9 Å². The van der Waals surface area contributed by atoms with Crippen LogP contribution in [0.5, 0.6) is 0 Å². The maximum atomic E-state index is 12.9. The summed E-state index contributed by atoms with van der Waals surface area (Å²) >= 11 is 0. The number of nitrogens with zero attached hydrogens (tertiary/aromatic N) is 2. The molecule has 1 aliphatic carbocycles. The summed E-state index contributed by atoms with van der Waals surface area (Å²) in [6.07, 6.45) is 6.07. The second kappa shape index (κ2) is 13.4. The number of hydrogen-bond donors (Lipinski definition) is 0. The van der Waals surface area contributed by atoms with Crippen LogP contribution in [0, 0.1) is 5.92 Å². The zero-order valence-electron chi connectivity index (χ0n) is 17.1. The van der Waals surface area contributed by atoms with Crippen molar-refractivity contribution in [3.8, 4) is 0 Å². The Morgan fingerprint density at radius 1 is 1.00 bits per heavy atom. The van der Waals surface area contributed by atoms with Crippen molar-refractivity contribution in [1.29, 1.82) is 0 Å². The van der Waals surface area contributed by atoms with Crippen molar-refractivity contribution < 1.29 is 9.53 Å². The van der Waals surface area contributed by atoms with Gasteiger partial charge >= 0.3 is 5.97 Å². The van der Waals surface area contributed by atoms with E-state index < -0.39 is 0 Å². The molecule has 1 saturated heterocycles. The van der Waals surface area contributed by atoms with Gasteiger partial charge in [-0.25, -0.2) is 0 Å². The molecular weight excluding hydrogens is 395 g/mol. The zero-order chi connectivity index (χ0) is 18.2. The molecule has 6 heteroatoms. The third kappa shape index (κ3) is 7.22. The monoisotopic (exact) mass is 430 g/mol. The maximum absolute atomic E-state index is 12.9. The molecule has 1 aliphatic heterocycles. The van der Waals surface area contributed by atoms with Crippen molar-refractivity contribution in [2.45, 2.75) is 44.9 Å². The molecule has 1 atom stereocenters. The molecule has 0 aromatic heterocycles. The van der Waals surface area contributed by atoms with Gasteiger partial charge in [-0.05, 0) is 30.9 Å². The first-order valence-electron chi connectivity index (χ1n) is 10.4. The smallest absolute Gasteiger partial charge is 0.313 e. The van der Waals surface area contributed by atoms with E-state index in [-0.39, 0.29) is 36.7 Å². The molecule has 1 unspecified atom stereocenters. The van der Waals surface area contributed by atoms with Crippen LogP contribution >= 0.6 is 24.8 Å². The minimum Gasteiger partial charge on any atom is -0.464 e. The summed E-state index contributed by atoms with van der Waals surface area (Å²) in [5, 5.41) is 0. The highest BCUT2D eigenvalue weighted by Gasteiger charge is 2.32. The average molecular weight is 431 g/mol. The van der Waals surface area contributed by atoms with Crippen LogP contribution in [0.15, 0.2) is 30.3 Å². The van der Waals surface area contributed by atoms with E-state index in [1.807, 2.05) is 18.2 Å². The molecule has 160 valence electrons. The van der Waals surface area contributed by atoms with Gasteiger partial charge in [0.15, 0.2) is 0 Å². The van der Waals surface area contributed by atoms with E-state index in [2.05, 4.69) is 28.9 Å². The summed E-state index contributed by atoms with van der Waals surface area (Å²) in [4.78, 5) is 17.8. The second-order valence-electron chi connectivity index (χ2n) is 7.73. The summed E-state index contributed by atoms with van der Waals surface area (Å²) < 4.78 is 5.77. The minimum absolute atomic E-state index is 0. The molecule has 1 aromatic carbocycles. The van der Waals surface area contributed by atoms with Gasteiger partial charge in [0.25, 0.3) is 0 Å². The first kappa shape index (κ1) is 25.2. The Bertz CT molecular complexity index is 545. The summed E-state index contributed by atoms with van der Waals surface area (Å²) in [5.74, 6) is 0.329. The van der Waals surface area contributed by atoms with Crippen molar-refractivity contribution in [2.75, 3.05) is 45.9 Å². The zero-order valence-corrected chi connectivity index (χ0v) is 18.7. The van der Waals surface area contributed by atoms with Crippen LogP contribution in [0.1, 0.15) is 50.5 Å². The summed E-state index contributed by atoms with van der Waals surface area (Å²) in [6.45, 7) is 9.12. The molecule has 2 aliphatic rings. The molecule has 2 fully saturated rings. The number of benzene rings is 1. The van der Waals surface area contributed by atoms with Gasteiger partial charge in [0.1, 0.15) is 6.61 Å². The lowest BCUT2D eigenvalue weighted by atomic mass is 9.77. The van der Waals surface area contributed by atoms with E-state index >= 15 is 0 Å². The molecule has 3 rings (SSSR count). The fourth-order valence-corrected chi connectivity index (χ4v) is 4.42. The number of piperazine rings is 1. The Hall–Kier alpha value is -0.810. The van der Waals surface area contributed by atoms with Crippen LogP contribution < -0.4 is 0 Å². The number of carbonyl (C=O) groups is 1. The van der Waals surface area contributed by atoms with Crippen molar-refractivity contribution in [2.24, 2.45) is 5.92 Å². The second-order valence-corrected chi connectivity index (χ2v) is 7.73. The highest BCUT2D eigenvalue weighted by molar-refractivity contribution is 5.85. The molecule has 0 bridgehead atoms. The van der Waals surface area contributed by atoms with Crippen molar-refractivity contribution >= 4 is 30.8 Å². The molecule has 1 heterocycles. The summed E-state index contributed by atoms with van der Waals surface area (Å²) in [6, 6.07) is 10.3. The van der Waals surface area contributed by atoms with Gasteiger partial charge < -0.3 is 9.64 Å². The number of ether oxygens (including phenoxy) is 1. The topological polar surface area (TPSA) is 32.8 Å². The fourth-order valence-electron chi connectivity index (χ4n) is 4.42. The van der Waals surface area contributed by atoms with Gasteiger partial charge in [-0.15, -0.1) is 24.8 Å². The molecule has 28 heavy (non-hydrogen) atoms. The lowest BCUT2D eigenvalue weighted by Gasteiger charge is -2.34. The molecule has 1 aromatic rings. The molecule has 4 nitrogen and oxygen atoms in total. The van der Waals surface area contributed by atoms with Gasteiger partial charge in [0.05, 0.1) is 5.92 Å². The number of hydrogen-bond acceptors (Lipinski definition) is 4. The van der Waals surface area contributed by atoms with Crippen LogP contribution in [0.3, 0.4) is 0 Å². The standard InChI is InChI=1S/C22H34N2O2.2ClH/c1-2-23-13-15-24(16-14-23)17-18-26-22(25)21(19-9-5-3-6-10-19)20-11-7-4-8-12-20;;/h3,5-6,9-10,20-21H,2,4,7-8,11-18H2,1H3;2*1H. The predicted molar refractivity (Wildman–Crippen MR) is 120 cm³/mol. The third-order valence-corrected chi connectivity index (χ3v) is 6.10. The Balaban J connectivity index is 0.00000196. The summed E-state index contributed by atoms with van der Waals surface area (Å²) in [5.41, 5.74) is 1.13. The Labute approximate surface area is 182 Å². The molecule has 0 spiro atoms. The molecular formula is C22H36Cl2N2O2. The summed E-state index contributed by atoms with van der Waals surface area (Å²) in [7, 11) is 0. The number of halogens is 2. The van der Waals surface area contributed by atoms with Gasteiger partial charge in [-0.3, -0.25) is 9.69 Å². The largest absolute Gasteiger partial charge is 0.464 e. The maximum Gasteiger partial charge on any atom is 0.313 e. The Morgan fingerprint density at radius 2 is 1.61 bits per heavy atom. The van der Waals surface area contributed by atoms with Gasteiger partial charge in [-0.1, -0.05) is 56.5 Å². The normalized spacial score (nSPS) is 19.9.